The maximum Gasteiger partial charge on any atom is 0.319 e. The third-order valence-electron chi connectivity index (χ3n) is 3.39. The van der Waals surface area contributed by atoms with Gasteiger partial charge in [-0.05, 0) is 25.1 Å². The first-order chi connectivity index (χ1) is 11.5. The van der Waals surface area contributed by atoms with Gasteiger partial charge in [0.05, 0.1) is 11.0 Å². The molecule has 0 saturated carbocycles. The van der Waals surface area contributed by atoms with Crippen molar-refractivity contribution in [2.75, 3.05) is 5.32 Å². The zero-order valence-corrected chi connectivity index (χ0v) is 12.7. The summed E-state index contributed by atoms with van der Waals surface area (Å²) >= 11 is 0. The molecule has 9 nitrogen and oxygen atoms in total. The second-order valence-corrected chi connectivity index (χ2v) is 5.11. The minimum absolute atomic E-state index is 0.0932. The number of fused-ring (bicyclic) bond motifs is 1. The van der Waals surface area contributed by atoms with Crippen LogP contribution < -0.4 is 10.6 Å². The van der Waals surface area contributed by atoms with Crippen molar-refractivity contribution < 1.29 is 9.72 Å². The number of hydrogen-bond donors (Lipinski definition) is 2. The summed E-state index contributed by atoms with van der Waals surface area (Å²) in [5, 5.41) is 24.2. The van der Waals surface area contributed by atoms with E-state index in [9.17, 15) is 14.9 Å². The molecule has 24 heavy (non-hydrogen) atoms. The van der Waals surface area contributed by atoms with Crippen LogP contribution in [0.25, 0.3) is 5.65 Å². The lowest BCUT2D eigenvalue weighted by atomic mass is 10.3. The van der Waals surface area contributed by atoms with Crippen LogP contribution in [-0.2, 0) is 0 Å². The summed E-state index contributed by atoms with van der Waals surface area (Å²) in [5.74, 6) is 0.583. The van der Waals surface area contributed by atoms with Gasteiger partial charge in [-0.15, -0.1) is 10.2 Å². The molecular formula is C15H14N6O3. The molecule has 0 saturated heterocycles. The Morgan fingerprint density at radius 2 is 2.08 bits per heavy atom. The van der Waals surface area contributed by atoms with E-state index in [0.29, 0.717) is 17.2 Å². The van der Waals surface area contributed by atoms with E-state index in [0.717, 1.165) is 0 Å². The van der Waals surface area contributed by atoms with E-state index in [2.05, 4.69) is 20.8 Å². The molecule has 3 aromatic rings. The molecule has 0 spiro atoms. The van der Waals surface area contributed by atoms with E-state index in [-0.39, 0.29) is 5.69 Å². The van der Waals surface area contributed by atoms with Crippen molar-refractivity contribution in [2.45, 2.75) is 13.0 Å². The van der Waals surface area contributed by atoms with Gasteiger partial charge in [-0.1, -0.05) is 12.1 Å². The molecule has 0 fully saturated rings. The summed E-state index contributed by atoms with van der Waals surface area (Å²) in [5.41, 5.74) is 0.921. The number of aromatic nitrogens is 3. The van der Waals surface area contributed by atoms with Gasteiger partial charge in [0, 0.05) is 24.0 Å². The zero-order chi connectivity index (χ0) is 17.1. The number of carbonyl (C=O) groups is 1. The van der Waals surface area contributed by atoms with Crippen LogP contribution in [0.1, 0.15) is 18.8 Å². The minimum Gasteiger partial charge on any atom is -0.328 e. The lowest BCUT2D eigenvalue weighted by molar-refractivity contribution is -0.384. The van der Waals surface area contributed by atoms with Gasteiger partial charge in [0.15, 0.2) is 11.5 Å². The fourth-order valence-electron chi connectivity index (χ4n) is 2.28. The first-order valence-electron chi connectivity index (χ1n) is 7.16. The number of nitro groups is 1. The number of nitro benzene ring substituents is 1. The number of anilines is 1. The first-order valence-corrected chi connectivity index (χ1v) is 7.16. The van der Waals surface area contributed by atoms with Gasteiger partial charge in [0.25, 0.3) is 5.69 Å². The van der Waals surface area contributed by atoms with E-state index >= 15 is 0 Å². The standard InChI is InChI=1S/C15H14N6O3/c1-10(14-19-18-13-7-2-3-8-20(13)14)16-15(22)17-11-5-4-6-12(9-11)21(23)24/h2-10H,1H3,(H2,16,17,22). The predicted molar refractivity (Wildman–Crippen MR) is 86.7 cm³/mol. The predicted octanol–water partition coefficient (Wildman–Crippen LogP) is 2.52. The summed E-state index contributed by atoms with van der Waals surface area (Å²) in [6.07, 6.45) is 1.81. The lowest BCUT2D eigenvalue weighted by Gasteiger charge is -2.13. The maximum atomic E-state index is 12.1. The van der Waals surface area contributed by atoms with Crippen molar-refractivity contribution in [3.05, 3.63) is 64.6 Å². The topological polar surface area (TPSA) is 114 Å². The van der Waals surface area contributed by atoms with Gasteiger partial charge in [-0.3, -0.25) is 14.5 Å². The van der Waals surface area contributed by atoms with Gasteiger partial charge < -0.3 is 10.6 Å². The Hall–Kier alpha value is -3.49. The summed E-state index contributed by atoms with van der Waals surface area (Å²) in [7, 11) is 0. The van der Waals surface area contributed by atoms with Crippen molar-refractivity contribution in [1.82, 2.24) is 19.9 Å². The molecule has 9 heteroatoms. The second-order valence-electron chi connectivity index (χ2n) is 5.11. The Morgan fingerprint density at radius 1 is 1.25 bits per heavy atom. The number of carbonyl (C=O) groups excluding carboxylic acids is 1. The molecule has 1 unspecified atom stereocenters. The van der Waals surface area contributed by atoms with Gasteiger partial charge in [0.2, 0.25) is 0 Å². The Kier molecular flexibility index (Phi) is 4.06. The molecule has 2 aromatic heterocycles. The van der Waals surface area contributed by atoms with E-state index in [4.69, 9.17) is 0 Å². The Balaban J connectivity index is 1.70. The van der Waals surface area contributed by atoms with E-state index < -0.39 is 17.0 Å². The van der Waals surface area contributed by atoms with Crippen LogP contribution in [0.3, 0.4) is 0 Å². The average molecular weight is 326 g/mol. The highest BCUT2D eigenvalue weighted by Gasteiger charge is 2.16. The summed E-state index contributed by atoms with van der Waals surface area (Å²) in [4.78, 5) is 22.3. The molecular weight excluding hydrogens is 312 g/mol. The first kappa shape index (κ1) is 15.4. The molecule has 0 aliphatic carbocycles. The molecule has 3 rings (SSSR count). The lowest BCUT2D eigenvalue weighted by Crippen LogP contribution is -2.32. The number of benzene rings is 1. The van der Waals surface area contributed by atoms with Crippen LogP contribution in [0.4, 0.5) is 16.2 Å². The van der Waals surface area contributed by atoms with Crippen molar-refractivity contribution in [1.29, 1.82) is 0 Å². The molecule has 0 bridgehead atoms. The largest absolute Gasteiger partial charge is 0.328 e. The highest BCUT2D eigenvalue weighted by Crippen LogP contribution is 2.17. The van der Waals surface area contributed by atoms with Gasteiger partial charge in [0.1, 0.15) is 0 Å². The van der Waals surface area contributed by atoms with Crippen LogP contribution in [0.2, 0.25) is 0 Å². The number of non-ortho nitro benzene ring substituents is 1. The molecule has 0 aliphatic rings. The summed E-state index contributed by atoms with van der Waals surface area (Å²) in [6, 6.07) is 10.3. The summed E-state index contributed by atoms with van der Waals surface area (Å²) < 4.78 is 1.78. The Labute approximate surface area is 136 Å². The Morgan fingerprint density at radius 3 is 2.88 bits per heavy atom. The summed E-state index contributed by atoms with van der Waals surface area (Å²) in [6.45, 7) is 1.77. The maximum absolute atomic E-state index is 12.1. The molecule has 2 heterocycles. The number of amides is 2. The molecule has 0 aliphatic heterocycles. The van der Waals surface area contributed by atoms with E-state index in [1.807, 2.05) is 18.2 Å². The monoisotopic (exact) mass is 326 g/mol. The fraction of sp³-hybridized carbons (Fsp3) is 0.133. The van der Waals surface area contributed by atoms with Crippen LogP contribution >= 0.6 is 0 Å². The average Bonchev–Trinajstić information content (AvgIpc) is 2.99. The highest BCUT2D eigenvalue weighted by atomic mass is 16.6. The van der Waals surface area contributed by atoms with E-state index in [1.54, 1.807) is 23.6 Å². The van der Waals surface area contributed by atoms with Crippen LogP contribution in [0, 0.1) is 10.1 Å². The van der Waals surface area contributed by atoms with Crippen molar-refractivity contribution >= 4 is 23.1 Å². The highest BCUT2D eigenvalue weighted by molar-refractivity contribution is 5.89. The van der Waals surface area contributed by atoms with Gasteiger partial charge >= 0.3 is 6.03 Å². The molecule has 1 aromatic carbocycles. The number of rotatable bonds is 4. The molecule has 2 amide bonds. The van der Waals surface area contributed by atoms with Crippen LogP contribution in [0.15, 0.2) is 48.7 Å². The van der Waals surface area contributed by atoms with Gasteiger partial charge in [-0.25, -0.2) is 4.79 Å². The van der Waals surface area contributed by atoms with Crippen molar-refractivity contribution in [2.24, 2.45) is 0 Å². The quantitative estimate of drug-likeness (QED) is 0.565. The normalized spacial score (nSPS) is 11.9. The van der Waals surface area contributed by atoms with Crippen LogP contribution in [0.5, 0.6) is 0 Å². The molecule has 0 radical (unpaired) electrons. The number of pyridine rings is 1. The van der Waals surface area contributed by atoms with Crippen LogP contribution in [-0.4, -0.2) is 25.6 Å². The Bertz CT molecular complexity index is 907. The van der Waals surface area contributed by atoms with Crippen molar-refractivity contribution in [3.8, 4) is 0 Å². The SMILES string of the molecule is CC(NC(=O)Nc1cccc([N+](=O)[O-])c1)c1nnc2ccccn12. The fourth-order valence-corrected chi connectivity index (χ4v) is 2.28. The molecule has 122 valence electrons. The number of nitrogens with zero attached hydrogens (tertiary/aromatic N) is 4. The number of nitrogens with one attached hydrogen (secondary N) is 2. The smallest absolute Gasteiger partial charge is 0.319 e. The number of hydrogen-bond acceptors (Lipinski definition) is 5. The van der Waals surface area contributed by atoms with Crippen molar-refractivity contribution in [3.63, 3.8) is 0 Å². The second kappa shape index (κ2) is 6.32. The van der Waals surface area contributed by atoms with Gasteiger partial charge in [-0.2, -0.15) is 0 Å². The van der Waals surface area contributed by atoms with E-state index in [1.165, 1.54) is 18.2 Å². The molecule has 2 N–H and O–H groups in total. The zero-order valence-electron chi connectivity index (χ0n) is 12.7. The minimum atomic E-state index is -0.520. The number of urea groups is 1. The molecule has 1 atom stereocenters. The third-order valence-corrected chi connectivity index (χ3v) is 3.39. The third kappa shape index (κ3) is 3.14.